The lowest BCUT2D eigenvalue weighted by Crippen LogP contribution is -2.36. The van der Waals surface area contributed by atoms with E-state index in [1.807, 2.05) is 25.1 Å². The molecule has 0 spiro atoms. The van der Waals surface area contributed by atoms with Crippen molar-refractivity contribution >= 4 is 39.1 Å². The van der Waals surface area contributed by atoms with Crippen molar-refractivity contribution in [2.24, 2.45) is 0 Å². The molecule has 0 radical (unpaired) electrons. The van der Waals surface area contributed by atoms with E-state index in [1.54, 1.807) is 17.0 Å². The van der Waals surface area contributed by atoms with Crippen molar-refractivity contribution in [3.8, 4) is 0 Å². The van der Waals surface area contributed by atoms with Gasteiger partial charge < -0.3 is 4.90 Å². The minimum atomic E-state index is -3.74. The van der Waals surface area contributed by atoms with E-state index >= 15 is 0 Å². The molecule has 1 aliphatic rings. The minimum Gasteiger partial charge on any atom is -0.335 e. The normalized spacial score (nSPS) is 15.3. The van der Waals surface area contributed by atoms with Gasteiger partial charge in [-0.25, -0.2) is 8.42 Å². The fraction of sp³-hybridized carbons (Fsp3) is 0.381. The molecule has 0 unspecified atom stereocenters. The Balaban J connectivity index is 1.89. The number of carbonyl (C=O) groups is 1. The van der Waals surface area contributed by atoms with Crippen LogP contribution >= 0.6 is 23.2 Å². The van der Waals surface area contributed by atoms with Crippen molar-refractivity contribution in [1.29, 1.82) is 0 Å². The van der Waals surface area contributed by atoms with Gasteiger partial charge in [0.05, 0.1) is 5.02 Å². The van der Waals surface area contributed by atoms with Crippen LogP contribution in [0.25, 0.3) is 0 Å². The summed E-state index contributed by atoms with van der Waals surface area (Å²) < 4.78 is 27.6. The van der Waals surface area contributed by atoms with Gasteiger partial charge in [-0.3, -0.25) is 4.79 Å². The van der Waals surface area contributed by atoms with Gasteiger partial charge >= 0.3 is 0 Å². The summed E-state index contributed by atoms with van der Waals surface area (Å²) in [6, 6.07) is 11.8. The number of rotatable bonds is 6. The molecule has 156 valence electrons. The quantitative estimate of drug-likeness (QED) is 0.627. The zero-order valence-electron chi connectivity index (χ0n) is 16.3. The van der Waals surface area contributed by atoms with Crippen LogP contribution in [0.4, 0.5) is 0 Å². The number of hydrogen-bond acceptors (Lipinski definition) is 3. The van der Waals surface area contributed by atoms with Crippen LogP contribution in [0.1, 0.15) is 42.1 Å². The number of benzene rings is 2. The third-order valence-electron chi connectivity index (χ3n) is 5.10. The molecule has 3 rings (SSSR count). The summed E-state index contributed by atoms with van der Waals surface area (Å²) in [7, 11) is -3.74. The van der Waals surface area contributed by atoms with E-state index in [0.29, 0.717) is 36.8 Å². The van der Waals surface area contributed by atoms with Crippen molar-refractivity contribution < 1.29 is 13.2 Å². The predicted octanol–water partition coefficient (Wildman–Crippen LogP) is 4.83. The highest BCUT2D eigenvalue weighted by molar-refractivity contribution is 7.89. The lowest BCUT2D eigenvalue weighted by molar-refractivity contribution is 0.0752. The van der Waals surface area contributed by atoms with Gasteiger partial charge in [0, 0.05) is 36.8 Å². The van der Waals surface area contributed by atoms with Gasteiger partial charge in [0.25, 0.3) is 5.91 Å². The smallest absolute Gasteiger partial charge is 0.254 e. The van der Waals surface area contributed by atoms with Crippen LogP contribution in [0.5, 0.6) is 0 Å². The third kappa shape index (κ3) is 4.94. The molecule has 0 atom stereocenters. The first kappa shape index (κ1) is 22.1. The average Bonchev–Trinajstić information content (AvgIpc) is 2.73. The molecular formula is C21H24Cl2N2O3S. The van der Waals surface area contributed by atoms with Crippen molar-refractivity contribution in [1.82, 2.24) is 9.21 Å². The van der Waals surface area contributed by atoms with Crippen molar-refractivity contribution in [2.75, 3.05) is 19.6 Å². The van der Waals surface area contributed by atoms with Crippen molar-refractivity contribution in [3.05, 3.63) is 63.6 Å². The van der Waals surface area contributed by atoms with E-state index in [-0.39, 0.29) is 15.8 Å². The Morgan fingerprint density at radius 1 is 1.03 bits per heavy atom. The number of nitrogens with zero attached hydrogens (tertiary/aromatic N) is 2. The summed E-state index contributed by atoms with van der Waals surface area (Å²) in [4.78, 5) is 14.7. The first-order valence-electron chi connectivity index (χ1n) is 9.67. The first-order valence-corrected chi connectivity index (χ1v) is 11.9. The topological polar surface area (TPSA) is 57.7 Å². The van der Waals surface area contributed by atoms with Crippen LogP contribution in [0.3, 0.4) is 0 Å². The van der Waals surface area contributed by atoms with E-state index in [2.05, 4.69) is 0 Å². The van der Waals surface area contributed by atoms with Crippen LogP contribution in [-0.4, -0.2) is 43.2 Å². The van der Waals surface area contributed by atoms with Gasteiger partial charge in [-0.1, -0.05) is 47.8 Å². The van der Waals surface area contributed by atoms with Gasteiger partial charge in [0.2, 0.25) is 10.0 Å². The van der Waals surface area contributed by atoms with Crippen LogP contribution in [0.15, 0.2) is 47.4 Å². The largest absolute Gasteiger partial charge is 0.335 e. The van der Waals surface area contributed by atoms with Crippen LogP contribution < -0.4 is 0 Å². The van der Waals surface area contributed by atoms with Gasteiger partial charge in [0.15, 0.2) is 0 Å². The number of carbonyl (C=O) groups excluding carboxylic acids is 1. The Kier molecular flexibility index (Phi) is 7.22. The summed E-state index contributed by atoms with van der Waals surface area (Å²) in [5, 5.41) is 0.712. The molecule has 1 aliphatic heterocycles. The molecule has 0 aromatic heterocycles. The molecule has 1 heterocycles. The number of piperidine rings is 1. The maximum atomic E-state index is 13.1. The standard InChI is InChI=1S/C21H24Cl2N2O3S/c1-2-24(15-17-8-4-5-9-18(17)22)21(26)16-10-11-19(23)20(14-16)29(27,28)25-12-6-3-7-13-25/h4-5,8-11,14H,2-3,6-7,12-13,15H2,1H3. The zero-order valence-corrected chi connectivity index (χ0v) is 18.6. The summed E-state index contributed by atoms with van der Waals surface area (Å²) in [5.74, 6) is -0.265. The second-order valence-electron chi connectivity index (χ2n) is 7.02. The van der Waals surface area contributed by atoms with Gasteiger partial charge in [-0.2, -0.15) is 4.31 Å². The molecule has 5 nitrogen and oxygen atoms in total. The Morgan fingerprint density at radius 2 is 1.72 bits per heavy atom. The zero-order chi connectivity index (χ0) is 21.0. The lowest BCUT2D eigenvalue weighted by atomic mass is 10.1. The molecule has 8 heteroatoms. The van der Waals surface area contributed by atoms with E-state index in [0.717, 1.165) is 24.8 Å². The molecule has 29 heavy (non-hydrogen) atoms. The minimum absolute atomic E-state index is 0.0132. The molecule has 2 aromatic rings. The van der Waals surface area contributed by atoms with Crippen molar-refractivity contribution in [3.63, 3.8) is 0 Å². The SMILES string of the molecule is CCN(Cc1ccccc1Cl)C(=O)c1ccc(Cl)c(S(=O)(=O)N2CCCCC2)c1. The monoisotopic (exact) mass is 454 g/mol. The predicted molar refractivity (Wildman–Crippen MR) is 116 cm³/mol. The Hall–Kier alpha value is -1.60. The Bertz CT molecular complexity index is 989. The maximum absolute atomic E-state index is 13.1. The summed E-state index contributed by atoms with van der Waals surface area (Å²) in [5.41, 5.74) is 1.12. The van der Waals surface area contributed by atoms with Crippen LogP contribution in [-0.2, 0) is 16.6 Å². The maximum Gasteiger partial charge on any atom is 0.254 e. The average molecular weight is 455 g/mol. The second-order valence-corrected chi connectivity index (χ2v) is 9.74. The molecule has 0 aliphatic carbocycles. The number of hydrogen-bond donors (Lipinski definition) is 0. The molecule has 0 N–H and O–H groups in total. The highest BCUT2D eigenvalue weighted by Gasteiger charge is 2.29. The summed E-state index contributed by atoms with van der Waals surface area (Å²) in [6.45, 7) is 3.62. The molecule has 1 amide bonds. The highest BCUT2D eigenvalue weighted by Crippen LogP contribution is 2.28. The molecule has 2 aromatic carbocycles. The number of sulfonamides is 1. The van der Waals surface area contributed by atoms with E-state index in [1.165, 1.54) is 16.4 Å². The molecule has 0 bridgehead atoms. The Labute approximate surface area is 182 Å². The van der Waals surface area contributed by atoms with Gasteiger partial charge in [-0.05, 0) is 49.6 Å². The van der Waals surface area contributed by atoms with Gasteiger partial charge in [0.1, 0.15) is 4.90 Å². The van der Waals surface area contributed by atoms with Crippen LogP contribution in [0.2, 0.25) is 10.0 Å². The second kappa shape index (κ2) is 9.47. The van der Waals surface area contributed by atoms with E-state index in [9.17, 15) is 13.2 Å². The van der Waals surface area contributed by atoms with E-state index in [4.69, 9.17) is 23.2 Å². The number of amides is 1. The van der Waals surface area contributed by atoms with Crippen molar-refractivity contribution in [2.45, 2.75) is 37.6 Å². The van der Waals surface area contributed by atoms with E-state index < -0.39 is 10.0 Å². The summed E-state index contributed by atoms with van der Waals surface area (Å²) in [6.07, 6.45) is 2.68. The lowest BCUT2D eigenvalue weighted by Gasteiger charge is -2.27. The van der Waals surface area contributed by atoms with Gasteiger partial charge in [-0.15, -0.1) is 0 Å². The molecule has 1 fully saturated rings. The molecule has 1 saturated heterocycles. The Morgan fingerprint density at radius 3 is 2.38 bits per heavy atom. The fourth-order valence-corrected chi connectivity index (χ4v) is 5.63. The van der Waals surface area contributed by atoms with Crippen LogP contribution in [0, 0.1) is 0 Å². The molecular weight excluding hydrogens is 431 g/mol. The third-order valence-corrected chi connectivity index (χ3v) is 7.85. The fourth-order valence-electron chi connectivity index (χ4n) is 3.42. The summed E-state index contributed by atoms with van der Waals surface area (Å²) >= 11 is 12.4. The first-order chi connectivity index (χ1) is 13.8. The number of halogens is 2. The highest BCUT2D eigenvalue weighted by atomic mass is 35.5. The molecule has 0 saturated carbocycles.